The number of aliphatic hydroxyl groups is 1. The number of benzene rings is 2. The van der Waals surface area contributed by atoms with Crippen molar-refractivity contribution in [2.45, 2.75) is 31.2 Å². The van der Waals surface area contributed by atoms with Crippen LogP contribution < -0.4 is 5.32 Å². The van der Waals surface area contributed by atoms with Crippen molar-refractivity contribution in [1.82, 2.24) is 19.8 Å². The van der Waals surface area contributed by atoms with Crippen molar-refractivity contribution in [2.75, 3.05) is 32.5 Å². The Balaban J connectivity index is 1.37. The van der Waals surface area contributed by atoms with Crippen molar-refractivity contribution in [3.8, 4) is 0 Å². The third kappa shape index (κ3) is 5.10. The largest absolute Gasteiger partial charge is 0.383 e. The Morgan fingerprint density at radius 1 is 1.00 bits per heavy atom. The standard InChI is InChI=1S/C25H31N5O/c1-29(2)23-19-30(14-13-25(23,31)22-11-7-4-8-12-22)18-21-16-27-24(28-17-21)26-15-20-9-5-3-6-10-20/h3-12,16-17,23,31H,13-15,18-19H2,1-2H3,(H,26,27,28)/t23-,25+/m1/s1. The topological polar surface area (TPSA) is 64.5 Å². The van der Waals surface area contributed by atoms with Crippen LogP contribution >= 0.6 is 0 Å². The number of aromatic nitrogens is 2. The van der Waals surface area contributed by atoms with Gasteiger partial charge in [-0.15, -0.1) is 0 Å². The molecular weight excluding hydrogens is 386 g/mol. The Morgan fingerprint density at radius 3 is 2.29 bits per heavy atom. The number of nitrogens with zero attached hydrogens (tertiary/aromatic N) is 4. The van der Waals surface area contributed by atoms with Gasteiger partial charge in [0.1, 0.15) is 5.60 Å². The summed E-state index contributed by atoms with van der Waals surface area (Å²) in [6.07, 6.45) is 4.48. The van der Waals surface area contributed by atoms with Crippen LogP contribution in [0.5, 0.6) is 0 Å². The van der Waals surface area contributed by atoms with E-state index in [1.54, 1.807) is 0 Å². The Kier molecular flexibility index (Phi) is 6.61. The molecule has 0 radical (unpaired) electrons. The van der Waals surface area contributed by atoms with E-state index in [-0.39, 0.29) is 6.04 Å². The Labute approximate surface area is 184 Å². The van der Waals surface area contributed by atoms with Gasteiger partial charge in [0.2, 0.25) is 5.95 Å². The molecule has 4 rings (SSSR count). The smallest absolute Gasteiger partial charge is 0.222 e. The molecule has 0 saturated carbocycles. The molecular formula is C25H31N5O. The minimum Gasteiger partial charge on any atom is -0.383 e. The van der Waals surface area contributed by atoms with Gasteiger partial charge >= 0.3 is 0 Å². The second-order valence-corrected chi connectivity index (χ2v) is 8.51. The number of hydrogen-bond acceptors (Lipinski definition) is 6. The number of hydrogen-bond donors (Lipinski definition) is 2. The van der Waals surface area contributed by atoms with Gasteiger partial charge in [-0.3, -0.25) is 4.90 Å². The summed E-state index contributed by atoms with van der Waals surface area (Å²) in [5.41, 5.74) is 2.42. The molecule has 31 heavy (non-hydrogen) atoms. The summed E-state index contributed by atoms with van der Waals surface area (Å²) in [6.45, 7) is 3.08. The van der Waals surface area contributed by atoms with E-state index in [1.807, 2.05) is 75.0 Å². The van der Waals surface area contributed by atoms with E-state index in [9.17, 15) is 5.11 Å². The number of piperidine rings is 1. The van der Waals surface area contributed by atoms with E-state index in [1.165, 1.54) is 5.56 Å². The zero-order valence-corrected chi connectivity index (χ0v) is 18.3. The molecule has 1 aromatic heterocycles. The van der Waals surface area contributed by atoms with E-state index in [4.69, 9.17) is 0 Å². The Bertz CT molecular complexity index is 949. The molecule has 0 aliphatic carbocycles. The minimum atomic E-state index is -0.844. The predicted octanol–water partition coefficient (Wildman–Crippen LogP) is 3.11. The third-order valence-corrected chi connectivity index (χ3v) is 6.09. The quantitative estimate of drug-likeness (QED) is 0.616. The summed E-state index contributed by atoms with van der Waals surface area (Å²) < 4.78 is 0. The normalized spacial score (nSPS) is 21.9. The maximum absolute atomic E-state index is 11.5. The van der Waals surface area contributed by atoms with Crippen molar-refractivity contribution in [3.63, 3.8) is 0 Å². The molecule has 6 nitrogen and oxygen atoms in total. The summed E-state index contributed by atoms with van der Waals surface area (Å²) in [5.74, 6) is 0.635. The van der Waals surface area contributed by atoms with Crippen LogP contribution in [0.25, 0.3) is 0 Å². The van der Waals surface area contributed by atoms with Gasteiger partial charge in [-0.25, -0.2) is 9.97 Å². The highest BCUT2D eigenvalue weighted by molar-refractivity contribution is 5.28. The van der Waals surface area contributed by atoms with Crippen molar-refractivity contribution in [3.05, 3.63) is 89.7 Å². The fourth-order valence-corrected chi connectivity index (χ4v) is 4.34. The van der Waals surface area contributed by atoms with E-state index < -0.39 is 5.60 Å². The monoisotopic (exact) mass is 417 g/mol. The van der Waals surface area contributed by atoms with Crippen molar-refractivity contribution >= 4 is 5.95 Å². The first-order valence-corrected chi connectivity index (χ1v) is 10.8. The lowest BCUT2D eigenvalue weighted by molar-refractivity contribution is -0.0893. The van der Waals surface area contributed by atoms with Crippen molar-refractivity contribution < 1.29 is 5.11 Å². The summed E-state index contributed by atoms with van der Waals surface area (Å²) in [4.78, 5) is 13.5. The minimum absolute atomic E-state index is 0.0105. The Morgan fingerprint density at radius 2 is 1.65 bits per heavy atom. The van der Waals surface area contributed by atoms with Crippen LogP contribution in [0.15, 0.2) is 73.1 Å². The van der Waals surface area contributed by atoms with Gasteiger partial charge in [0.25, 0.3) is 0 Å². The van der Waals surface area contributed by atoms with Crippen molar-refractivity contribution in [2.24, 2.45) is 0 Å². The average molecular weight is 418 g/mol. The van der Waals surface area contributed by atoms with Crippen LogP contribution in [0.4, 0.5) is 5.95 Å². The average Bonchev–Trinajstić information content (AvgIpc) is 2.81. The van der Waals surface area contributed by atoms with E-state index in [0.717, 1.165) is 30.8 Å². The summed E-state index contributed by atoms with van der Waals surface area (Å²) >= 11 is 0. The lowest BCUT2D eigenvalue weighted by Gasteiger charge is -2.47. The highest BCUT2D eigenvalue weighted by Crippen LogP contribution is 2.35. The maximum Gasteiger partial charge on any atom is 0.222 e. The lowest BCUT2D eigenvalue weighted by Crippen LogP contribution is -2.58. The number of rotatable bonds is 7. The number of nitrogens with one attached hydrogen (secondary N) is 1. The van der Waals surface area contributed by atoms with E-state index >= 15 is 0 Å². The second kappa shape index (κ2) is 9.56. The molecule has 1 aliphatic heterocycles. The molecule has 2 heterocycles. The molecule has 6 heteroatoms. The fraction of sp³-hybridized carbons (Fsp3) is 0.360. The molecule has 2 N–H and O–H groups in total. The van der Waals surface area contributed by atoms with Gasteiger partial charge in [-0.05, 0) is 31.6 Å². The maximum atomic E-state index is 11.5. The first kappa shape index (κ1) is 21.4. The zero-order valence-electron chi connectivity index (χ0n) is 18.3. The number of likely N-dealkylation sites (N-methyl/N-ethyl adjacent to an activating group) is 1. The van der Waals surface area contributed by atoms with Gasteiger partial charge in [0.05, 0.1) is 6.04 Å². The first-order valence-electron chi connectivity index (χ1n) is 10.8. The van der Waals surface area contributed by atoms with Gasteiger partial charge in [-0.2, -0.15) is 0 Å². The lowest BCUT2D eigenvalue weighted by atomic mass is 9.79. The molecule has 0 spiro atoms. The van der Waals surface area contributed by atoms with E-state index in [2.05, 4.69) is 37.2 Å². The zero-order chi connectivity index (χ0) is 21.7. The number of anilines is 1. The summed E-state index contributed by atoms with van der Waals surface area (Å²) in [6, 6.07) is 20.3. The highest BCUT2D eigenvalue weighted by Gasteiger charge is 2.43. The molecule has 0 bridgehead atoms. The molecule has 1 fully saturated rings. The van der Waals surface area contributed by atoms with Crippen molar-refractivity contribution in [1.29, 1.82) is 0 Å². The molecule has 1 saturated heterocycles. The van der Waals surface area contributed by atoms with Crippen LogP contribution in [0.3, 0.4) is 0 Å². The SMILES string of the molecule is CN(C)[C@@H]1CN(Cc2cnc(NCc3ccccc3)nc2)CC[C@]1(O)c1ccccc1. The fourth-order valence-electron chi connectivity index (χ4n) is 4.34. The van der Waals surface area contributed by atoms with Crippen LogP contribution in [0.1, 0.15) is 23.1 Å². The molecule has 0 unspecified atom stereocenters. The highest BCUT2D eigenvalue weighted by atomic mass is 16.3. The van der Waals surface area contributed by atoms with Gasteiger partial charge in [0, 0.05) is 44.1 Å². The van der Waals surface area contributed by atoms with Crippen LogP contribution in [-0.4, -0.2) is 58.1 Å². The van der Waals surface area contributed by atoms with Gasteiger partial charge < -0.3 is 15.3 Å². The molecule has 3 aromatic rings. The molecule has 162 valence electrons. The number of likely N-dealkylation sites (tertiary alicyclic amines) is 1. The van der Waals surface area contributed by atoms with Gasteiger partial charge in [-0.1, -0.05) is 60.7 Å². The van der Waals surface area contributed by atoms with Crippen LogP contribution in [0, 0.1) is 0 Å². The summed E-state index contributed by atoms with van der Waals surface area (Å²) in [7, 11) is 4.08. The van der Waals surface area contributed by atoms with Crippen LogP contribution in [0.2, 0.25) is 0 Å². The molecule has 2 aromatic carbocycles. The van der Waals surface area contributed by atoms with Gasteiger partial charge in [0.15, 0.2) is 0 Å². The molecule has 2 atom stereocenters. The molecule has 1 aliphatic rings. The Hall–Kier alpha value is -2.80. The summed E-state index contributed by atoms with van der Waals surface area (Å²) in [5, 5.41) is 14.8. The third-order valence-electron chi connectivity index (χ3n) is 6.09. The van der Waals surface area contributed by atoms with E-state index in [0.29, 0.717) is 18.9 Å². The predicted molar refractivity (Wildman–Crippen MR) is 124 cm³/mol. The molecule has 0 amide bonds. The van der Waals surface area contributed by atoms with Crippen LogP contribution in [-0.2, 0) is 18.7 Å². The second-order valence-electron chi connectivity index (χ2n) is 8.51. The first-order chi connectivity index (χ1) is 15.0.